The molecular formula is C18H20BrN. The highest BCUT2D eigenvalue weighted by Crippen LogP contribution is 2.53. The van der Waals surface area contributed by atoms with Gasteiger partial charge in [-0.05, 0) is 43.0 Å². The van der Waals surface area contributed by atoms with E-state index in [0.29, 0.717) is 5.92 Å². The van der Waals surface area contributed by atoms with Crippen molar-refractivity contribution in [2.45, 2.75) is 24.2 Å². The molecule has 0 spiro atoms. The molecule has 2 aromatic carbocycles. The number of nitrogens with one attached hydrogen (secondary N) is 1. The van der Waals surface area contributed by atoms with Crippen molar-refractivity contribution in [3.63, 3.8) is 0 Å². The van der Waals surface area contributed by atoms with Crippen molar-refractivity contribution in [3.8, 4) is 0 Å². The number of hydrogen-bond acceptors (Lipinski definition) is 1. The van der Waals surface area contributed by atoms with Crippen LogP contribution in [0.1, 0.15) is 29.9 Å². The van der Waals surface area contributed by atoms with E-state index in [0.717, 1.165) is 6.54 Å². The summed E-state index contributed by atoms with van der Waals surface area (Å²) in [4.78, 5) is 0. The summed E-state index contributed by atoms with van der Waals surface area (Å²) in [5, 5.41) is 3.39. The zero-order valence-electron chi connectivity index (χ0n) is 11.8. The third kappa shape index (κ3) is 2.43. The van der Waals surface area contributed by atoms with Crippen LogP contribution in [0.15, 0.2) is 59.1 Å². The van der Waals surface area contributed by atoms with Gasteiger partial charge in [0.2, 0.25) is 0 Å². The molecule has 1 nitrogen and oxygen atoms in total. The van der Waals surface area contributed by atoms with E-state index in [1.54, 1.807) is 0 Å². The van der Waals surface area contributed by atoms with E-state index in [1.807, 2.05) is 0 Å². The van der Waals surface area contributed by atoms with Crippen LogP contribution >= 0.6 is 15.9 Å². The Kier molecular flexibility index (Phi) is 3.95. The standard InChI is InChI=1S/C18H20BrN/c1-20-13-18(16-9-5-6-10-17(16)19)11-15(12-18)14-7-3-2-4-8-14/h2-10,15,20H,11-13H2,1H3. The molecule has 2 heteroatoms. The number of hydrogen-bond donors (Lipinski definition) is 1. The number of halogens is 1. The van der Waals surface area contributed by atoms with Crippen LogP contribution in [0.25, 0.3) is 0 Å². The molecule has 1 aliphatic carbocycles. The van der Waals surface area contributed by atoms with Gasteiger partial charge in [-0.25, -0.2) is 0 Å². The Balaban J connectivity index is 1.85. The molecule has 0 radical (unpaired) electrons. The van der Waals surface area contributed by atoms with Gasteiger partial charge in [0.15, 0.2) is 0 Å². The number of likely N-dealkylation sites (N-methyl/N-ethyl adjacent to an activating group) is 1. The van der Waals surface area contributed by atoms with Gasteiger partial charge >= 0.3 is 0 Å². The van der Waals surface area contributed by atoms with Crippen LogP contribution in [0, 0.1) is 0 Å². The molecule has 104 valence electrons. The highest BCUT2D eigenvalue weighted by molar-refractivity contribution is 9.10. The fraction of sp³-hybridized carbons (Fsp3) is 0.333. The van der Waals surface area contributed by atoms with Crippen molar-refractivity contribution in [3.05, 3.63) is 70.2 Å². The molecule has 0 saturated heterocycles. The highest BCUT2D eigenvalue weighted by Gasteiger charge is 2.46. The summed E-state index contributed by atoms with van der Waals surface area (Å²) in [7, 11) is 2.05. The summed E-state index contributed by atoms with van der Waals surface area (Å²) in [6, 6.07) is 19.6. The Morgan fingerprint density at radius 2 is 1.70 bits per heavy atom. The Morgan fingerprint density at radius 1 is 1.05 bits per heavy atom. The molecule has 1 N–H and O–H groups in total. The minimum Gasteiger partial charge on any atom is -0.319 e. The predicted octanol–water partition coefficient (Wildman–Crippen LogP) is 4.48. The Morgan fingerprint density at radius 3 is 2.35 bits per heavy atom. The first-order chi connectivity index (χ1) is 9.75. The van der Waals surface area contributed by atoms with Gasteiger partial charge in [0.1, 0.15) is 0 Å². The first-order valence-corrected chi connectivity index (χ1v) is 7.99. The van der Waals surface area contributed by atoms with Crippen LogP contribution in [0.2, 0.25) is 0 Å². The normalized spacial score (nSPS) is 25.2. The van der Waals surface area contributed by atoms with Gasteiger partial charge < -0.3 is 5.32 Å². The van der Waals surface area contributed by atoms with Crippen molar-refractivity contribution < 1.29 is 0 Å². The topological polar surface area (TPSA) is 12.0 Å². The van der Waals surface area contributed by atoms with Crippen molar-refractivity contribution in [2.75, 3.05) is 13.6 Å². The Labute approximate surface area is 129 Å². The van der Waals surface area contributed by atoms with Crippen molar-refractivity contribution in [2.24, 2.45) is 0 Å². The van der Waals surface area contributed by atoms with E-state index < -0.39 is 0 Å². The second-order valence-electron chi connectivity index (χ2n) is 5.81. The molecule has 0 heterocycles. The van der Waals surface area contributed by atoms with E-state index in [9.17, 15) is 0 Å². The van der Waals surface area contributed by atoms with Gasteiger partial charge in [-0.3, -0.25) is 0 Å². The molecular weight excluding hydrogens is 310 g/mol. The SMILES string of the molecule is CNCC1(c2ccccc2Br)CC(c2ccccc2)C1. The second kappa shape index (κ2) is 5.71. The molecule has 0 atom stereocenters. The van der Waals surface area contributed by atoms with E-state index in [2.05, 4.69) is 82.9 Å². The maximum atomic E-state index is 3.73. The van der Waals surface area contributed by atoms with Gasteiger partial charge in [-0.1, -0.05) is 64.5 Å². The van der Waals surface area contributed by atoms with Crippen molar-refractivity contribution >= 4 is 15.9 Å². The molecule has 0 unspecified atom stereocenters. The van der Waals surface area contributed by atoms with E-state index in [-0.39, 0.29) is 5.41 Å². The Bertz CT molecular complexity index is 573. The average Bonchev–Trinajstić information content (AvgIpc) is 2.44. The van der Waals surface area contributed by atoms with Crippen LogP contribution in [0.3, 0.4) is 0 Å². The molecule has 1 aliphatic rings. The van der Waals surface area contributed by atoms with Crippen molar-refractivity contribution in [1.29, 1.82) is 0 Å². The zero-order valence-corrected chi connectivity index (χ0v) is 13.4. The van der Waals surface area contributed by atoms with Crippen LogP contribution in [-0.4, -0.2) is 13.6 Å². The van der Waals surface area contributed by atoms with Gasteiger partial charge in [0.25, 0.3) is 0 Å². The monoisotopic (exact) mass is 329 g/mol. The smallest absolute Gasteiger partial charge is 0.0213 e. The van der Waals surface area contributed by atoms with Gasteiger partial charge in [0.05, 0.1) is 0 Å². The third-order valence-corrected chi connectivity index (χ3v) is 5.20. The van der Waals surface area contributed by atoms with E-state index >= 15 is 0 Å². The fourth-order valence-electron chi connectivity index (χ4n) is 3.53. The first-order valence-electron chi connectivity index (χ1n) is 7.20. The summed E-state index contributed by atoms with van der Waals surface area (Å²) in [5.74, 6) is 0.691. The maximum Gasteiger partial charge on any atom is 0.0213 e. The van der Waals surface area contributed by atoms with Crippen molar-refractivity contribution in [1.82, 2.24) is 5.32 Å². The van der Waals surface area contributed by atoms with E-state index in [1.165, 1.54) is 28.4 Å². The molecule has 1 saturated carbocycles. The zero-order chi connectivity index (χ0) is 14.0. The molecule has 0 bridgehead atoms. The predicted molar refractivity (Wildman–Crippen MR) is 88.2 cm³/mol. The molecule has 1 fully saturated rings. The lowest BCUT2D eigenvalue weighted by atomic mass is 9.57. The lowest BCUT2D eigenvalue weighted by Crippen LogP contribution is -2.47. The highest BCUT2D eigenvalue weighted by atomic mass is 79.9. The van der Waals surface area contributed by atoms with Gasteiger partial charge in [-0.2, -0.15) is 0 Å². The Hall–Kier alpha value is -1.12. The largest absolute Gasteiger partial charge is 0.319 e. The molecule has 0 aliphatic heterocycles. The van der Waals surface area contributed by atoms with Crippen LogP contribution < -0.4 is 5.32 Å². The first kappa shape index (κ1) is 13.8. The van der Waals surface area contributed by atoms with Crippen LogP contribution in [0.5, 0.6) is 0 Å². The molecule has 2 aromatic rings. The lowest BCUT2D eigenvalue weighted by molar-refractivity contribution is 0.197. The minimum atomic E-state index is 0.273. The summed E-state index contributed by atoms with van der Waals surface area (Å²) >= 11 is 3.73. The van der Waals surface area contributed by atoms with Crippen LogP contribution in [0.4, 0.5) is 0 Å². The maximum absolute atomic E-state index is 3.73. The fourth-order valence-corrected chi connectivity index (χ4v) is 4.24. The molecule has 0 aromatic heterocycles. The summed E-state index contributed by atoms with van der Waals surface area (Å²) in [5.41, 5.74) is 3.20. The second-order valence-corrected chi connectivity index (χ2v) is 6.66. The molecule has 0 amide bonds. The molecule has 20 heavy (non-hydrogen) atoms. The molecule has 3 rings (SSSR count). The third-order valence-electron chi connectivity index (χ3n) is 4.51. The minimum absolute atomic E-state index is 0.273. The quantitative estimate of drug-likeness (QED) is 0.871. The summed E-state index contributed by atoms with van der Waals surface area (Å²) in [6.07, 6.45) is 2.45. The number of benzene rings is 2. The van der Waals surface area contributed by atoms with Gasteiger partial charge in [0, 0.05) is 16.4 Å². The van der Waals surface area contributed by atoms with Crippen LogP contribution in [-0.2, 0) is 5.41 Å². The van der Waals surface area contributed by atoms with Gasteiger partial charge in [-0.15, -0.1) is 0 Å². The summed E-state index contributed by atoms with van der Waals surface area (Å²) in [6.45, 7) is 1.04. The number of rotatable bonds is 4. The van der Waals surface area contributed by atoms with E-state index in [4.69, 9.17) is 0 Å². The summed E-state index contributed by atoms with van der Waals surface area (Å²) < 4.78 is 1.24. The lowest BCUT2D eigenvalue weighted by Gasteiger charge is -2.49. The average molecular weight is 330 g/mol.